The monoisotopic (exact) mass is 415 g/mol. The lowest BCUT2D eigenvalue weighted by molar-refractivity contribution is -0.121. The van der Waals surface area contributed by atoms with Crippen molar-refractivity contribution in [3.8, 4) is 0 Å². The van der Waals surface area contributed by atoms with Crippen molar-refractivity contribution in [1.29, 1.82) is 0 Å². The van der Waals surface area contributed by atoms with Gasteiger partial charge in [-0.05, 0) is 87.1 Å². The lowest BCUT2D eigenvalue weighted by Crippen LogP contribution is -2.32. The summed E-state index contributed by atoms with van der Waals surface area (Å²) in [7, 11) is 0. The zero-order valence-electron chi connectivity index (χ0n) is 18.0. The Morgan fingerprint density at radius 1 is 1.10 bits per heavy atom. The van der Waals surface area contributed by atoms with Gasteiger partial charge in [0.25, 0.3) is 0 Å². The molecule has 31 heavy (non-hydrogen) atoms. The number of Topliss-reactive ketones (excluding diaryl/α,β-unsaturated/α-hetero) is 1. The molecule has 1 saturated carbocycles. The van der Waals surface area contributed by atoms with Crippen LogP contribution in [0, 0.1) is 24.7 Å². The number of benzene rings is 2. The third kappa shape index (κ3) is 3.89. The molecule has 1 atom stereocenters. The van der Waals surface area contributed by atoms with E-state index in [1.54, 1.807) is 6.33 Å². The first-order chi connectivity index (χ1) is 15.1. The van der Waals surface area contributed by atoms with Crippen LogP contribution >= 0.6 is 0 Å². The Balaban J connectivity index is 1.22. The molecule has 0 spiro atoms. The number of nitrogens with one attached hydrogen (secondary N) is 2. The van der Waals surface area contributed by atoms with E-state index in [9.17, 15) is 9.59 Å². The largest absolute Gasteiger partial charge is 0.345 e. The average Bonchev–Trinajstić information content (AvgIpc) is 3.18. The Bertz CT molecular complexity index is 1120. The van der Waals surface area contributed by atoms with Gasteiger partial charge in [0, 0.05) is 23.1 Å². The number of nitrogens with zero attached hydrogens (tertiary/aromatic N) is 1. The number of hydrogen-bond donors (Lipinski definition) is 2. The van der Waals surface area contributed by atoms with E-state index in [1.807, 2.05) is 30.3 Å². The van der Waals surface area contributed by atoms with Crippen molar-refractivity contribution >= 4 is 28.4 Å². The second kappa shape index (κ2) is 8.29. The highest BCUT2D eigenvalue weighted by Gasteiger charge is 2.36. The van der Waals surface area contributed by atoms with Gasteiger partial charge in [-0.3, -0.25) is 9.59 Å². The van der Waals surface area contributed by atoms with Crippen molar-refractivity contribution in [2.45, 2.75) is 51.9 Å². The highest BCUT2D eigenvalue weighted by atomic mass is 16.2. The molecule has 0 radical (unpaired) electrons. The van der Waals surface area contributed by atoms with E-state index in [-0.39, 0.29) is 17.7 Å². The number of hydrogen-bond acceptors (Lipinski definition) is 3. The highest BCUT2D eigenvalue weighted by molar-refractivity contribution is 6.00. The molecule has 1 unspecified atom stereocenters. The second-order valence-corrected chi connectivity index (χ2v) is 9.20. The molecule has 5 nitrogen and oxygen atoms in total. The molecule has 0 saturated heterocycles. The Kier molecular flexibility index (Phi) is 5.34. The summed E-state index contributed by atoms with van der Waals surface area (Å²) in [5, 5.41) is 3.07. The van der Waals surface area contributed by atoms with Gasteiger partial charge < -0.3 is 10.3 Å². The summed E-state index contributed by atoms with van der Waals surface area (Å²) in [4.78, 5) is 33.5. The number of ketones is 1. The Morgan fingerprint density at radius 3 is 2.77 bits per heavy atom. The average molecular weight is 416 g/mol. The number of rotatable bonds is 3. The minimum Gasteiger partial charge on any atom is -0.345 e. The first kappa shape index (κ1) is 20.0. The number of imidazole rings is 1. The van der Waals surface area contributed by atoms with Gasteiger partial charge in [-0.15, -0.1) is 0 Å². The minimum atomic E-state index is 0.0177. The summed E-state index contributed by atoms with van der Waals surface area (Å²) < 4.78 is 0. The molecule has 3 aromatic rings. The van der Waals surface area contributed by atoms with E-state index in [4.69, 9.17) is 0 Å². The molecule has 5 rings (SSSR count). The maximum atomic E-state index is 13.3. The van der Waals surface area contributed by atoms with Crippen LogP contribution in [0.25, 0.3) is 11.0 Å². The first-order valence-corrected chi connectivity index (χ1v) is 11.5. The number of carbonyl (C=O) groups is 2. The summed E-state index contributed by atoms with van der Waals surface area (Å²) in [6.07, 6.45) is 8.32. The predicted molar refractivity (Wildman–Crippen MR) is 122 cm³/mol. The van der Waals surface area contributed by atoms with E-state index in [1.165, 1.54) is 11.1 Å². The number of aromatic nitrogens is 2. The van der Waals surface area contributed by atoms with Crippen LogP contribution in [-0.4, -0.2) is 21.7 Å². The maximum Gasteiger partial charge on any atom is 0.227 e. The quantitative estimate of drug-likeness (QED) is 0.559. The van der Waals surface area contributed by atoms with E-state index < -0.39 is 0 Å². The number of carbonyl (C=O) groups excluding carboxylic acids is 2. The van der Waals surface area contributed by atoms with E-state index in [0.29, 0.717) is 11.7 Å². The second-order valence-electron chi connectivity index (χ2n) is 9.20. The Morgan fingerprint density at radius 2 is 1.94 bits per heavy atom. The van der Waals surface area contributed by atoms with Crippen LogP contribution in [0.4, 0.5) is 5.69 Å². The lowest BCUT2D eigenvalue weighted by Gasteiger charge is -2.32. The van der Waals surface area contributed by atoms with Gasteiger partial charge in [0.15, 0.2) is 5.78 Å². The van der Waals surface area contributed by atoms with Crippen LogP contribution in [-0.2, 0) is 11.2 Å². The van der Waals surface area contributed by atoms with Gasteiger partial charge in [-0.2, -0.15) is 0 Å². The fourth-order valence-corrected chi connectivity index (χ4v) is 5.59. The topological polar surface area (TPSA) is 74.8 Å². The molecule has 5 heteroatoms. The van der Waals surface area contributed by atoms with Crippen LogP contribution in [0.5, 0.6) is 0 Å². The molecule has 2 aliphatic carbocycles. The number of fused-ring (bicyclic) bond motifs is 2. The summed E-state index contributed by atoms with van der Waals surface area (Å²) in [6.45, 7) is 2.11. The normalized spacial score (nSPS) is 23.9. The highest BCUT2D eigenvalue weighted by Crippen LogP contribution is 2.39. The van der Waals surface area contributed by atoms with Crippen molar-refractivity contribution in [3.05, 3.63) is 59.4 Å². The number of aryl methyl sites for hydroxylation is 1. The van der Waals surface area contributed by atoms with Crippen molar-refractivity contribution in [1.82, 2.24) is 9.97 Å². The third-order valence-corrected chi connectivity index (χ3v) is 7.35. The molecule has 0 aliphatic heterocycles. The number of amides is 1. The molecular weight excluding hydrogens is 386 g/mol. The smallest absolute Gasteiger partial charge is 0.227 e. The Hall–Kier alpha value is -2.95. The molecule has 1 amide bonds. The van der Waals surface area contributed by atoms with Crippen molar-refractivity contribution in [2.24, 2.45) is 17.8 Å². The molecule has 2 aliphatic rings. The summed E-state index contributed by atoms with van der Waals surface area (Å²) >= 11 is 0. The third-order valence-electron chi connectivity index (χ3n) is 7.35. The summed E-state index contributed by atoms with van der Waals surface area (Å²) in [5.41, 5.74) is 6.04. The van der Waals surface area contributed by atoms with Gasteiger partial charge in [-0.25, -0.2) is 4.98 Å². The SMILES string of the molecule is Cc1cccc2c1CCCC(C1CCC(C(=O)Nc3ccc4nc[nH]c4c3)CC1)C2=O. The van der Waals surface area contributed by atoms with Crippen molar-refractivity contribution < 1.29 is 9.59 Å². The molecule has 1 heterocycles. The van der Waals surface area contributed by atoms with E-state index in [0.717, 1.165) is 67.2 Å². The first-order valence-electron chi connectivity index (χ1n) is 11.5. The minimum absolute atomic E-state index is 0.0177. The summed E-state index contributed by atoms with van der Waals surface area (Å²) in [6, 6.07) is 11.9. The molecule has 1 aromatic heterocycles. The molecular formula is C26H29N3O2. The van der Waals surface area contributed by atoms with E-state index >= 15 is 0 Å². The molecule has 2 N–H and O–H groups in total. The van der Waals surface area contributed by atoms with Crippen LogP contribution < -0.4 is 5.32 Å². The van der Waals surface area contributed by atoms with Crippen molar-refractivity contribution in [2.75, 3.05) is 5.32 Å². The predicted octanol–water partition coefficient (Wildman–Crippen LogP) is 5.45. The van der Waals surface area contributed by atoms with Gasteiger partial charge in [0.05, 0.1) is 17.4 Å². The fourth-order valence-electron chi connectivity index (χ4n) is 5.59. The molecule has 0 bridgehead atoms. The molecule has 1 fully saturated rings. The molecule has 160 valence electrons. The standard InChI is InChI=1S/C26H29N3O2/c1-16-4-2-7-22-20(16)5-3-6-21(25(22)30)17-8-10-18(11-9-17)26(31)29-19-12-13-23-24(14-19)28-15-27-23/h2,4,7,12-15,17-18,21H,3,5-6,8-11H2,1H3,(H,27,28)(H,29,31). The summed E-state index contributed by atoms with van der Waals surface area (Å²) in [5.74, 6) is 0.936. The van der Waals surface area contributed by atoms with Gasteiger partial charge >= 0.3 is 0 Å². The van der Waals surface area contributed by atoms with Crippen molar-refractivity contribution in [3.63, 3.8) is 0 Å². The maximum absolute atomic E-state index is 13.3. The van der Waals surface area contributed by atoms with E-state index in [2.05, 4.69) is 28.3 Å². The van der Waals surface area contributed by atoms with Gasteiger partial charge in [-0.1, -0.05) is 18.2 Å². The lowest BCUT2D eigenvalue weighted by atomic mass is 9.72. The van der Waals surface area contributed by atoms with Crippen LogP contribution in [0.15, 0.2) is 42.7 Å². The number of anilines is 1. The fraction of sp³-hybridized carbons (Fsp3) is 0.423. The Labute approximate surface area is 182 Å². The number of H-pyrrole nitrogens is 1. The van der Waals surface area contributed by atoms with Gasteiger partial charge in [0.1, 0.15) is 0 Å². The van der Waals surface area contributed by atoms with Crippen LogP contribution in [0.3, 0.4) is 0 Å². The van der Waals surface area contributed by atoms with Gasteiger partial charge in [0.2, 0.25) is 5.91 Å². The zero-order valence-corrected chi connectivity index (χ0v) is 18.0. The van der Waals surface area contributed by atoms with Crippen LogP contribution in [0.2, 0.25) is 0 Å². The molecule has 2 aromatic carbocycles. The van der Waals surface area contributed by atoms with Crippen LogP contribution in [0.1, 0.15) is 60.0 Å². The zero-order chi connectivity index (χ0) is 21.4. The number of aromatic amines is 1.